The number of aromatic nitrogens is 4. The van der Waals surface area contributed by atoms with E-state index in [2.05, 4.69) is 20.8 Å². The third-order valence-corrected chi connectivity index (χ3v) is 7.87. The molecule has 6 rings (SSSR count). The summed E-state index contributed by atoms with van der Waals surface area (Å²) in [4.78, 5) is 25.3. The quantitative estimate of drug-likeness (QED) is 0.117. The highest BCUT2D eigenvalue weighted by molar-refractivity contribution is 5.78. The molecule has 0 aliphatic rings. The molecule has 11 nitrogen and oxygen atoms in total. The predicted molar refractivity (Wildman–Crippen MR) is 193 cm³/mol. The fourth-order valence-corrected chi connectivity index (χ4v) is 5.24. The van der Waals surface area contributed by atoms with Crippen molar-refractivity contribution in [3.63, 3.8) is 0 Å². The Morgan fingerprint density at radius 2 is 1.04 bits per heavy atom. The summed E-state index contributed by atoms with van der Waals surface area (Å²) < 4.78 is 69.7. The summed E-state index contributed by atoms with van der Waals surface area (Å²) in [7, 11) is 0. The van der Waals surface area contributed by atoms with Crippen LogP contribution in [-0.2, 0) is 13.1 Å². The lowest BCUT2D eigenvalue weighted by Gasteiger charge is -2.14. The number of aryl methyl sites for hydroxylation is 2. The van der Waals surface area contributed by atoms with Crippen LogP contribution in [0.4, 0.5) is 44.7 Å². The highest BCUT2D eigenvalue weighted by Crippen LogP contribution is 2.29. The minimum absolute atomic E-state index is 0.00834. The topological polar surface area (TPSA) is 165 Å². The molecule has 0 radical (unpaired) electrons. The Balaban J connectivity index is 0.000000211. The van der Waals surface area contributed by atoms with E-state index in [1.165, 1.54) is 41.1 Å². The first-order valence-corrected chi connectivity index (χ1v) is 16.2. The normalized spacial score (nSPS) is 10.3. The van der Waals surface area contributed by atoms with Crippen molar-refractivity contribution in [1.82, 2.24) is 19.6 Å². The first-order valence-electron chi connectivity index (χ1n) is 16.2. The second-order valence-electron chi connectivity index (χ2n) is 11.4. The monoisotopic (exact) mass is 747 g/mol. The van der Waals surface area contributed by atoms with Crippen molar-refractivity contribution in [3.8, 4) is 40.7 Å². The van der Waals surface area contributed by atoms with E-state index in [1.54, 1.807) is 44.2 Å². The standard InChI is InChI=1S/C20H14FN5O.C19H12F4N4O/c1-2-26-20(27)19(24-16-8-6-13(11-22)7-9-16)17(12-23)18(25-26)14-4-3-5-15(21)10-14;1-2-27-19(28)18(25-12-7-14(21)16(23)15(22)8-12)13(9-24)17(26-27)10-4-3-5-11(20)6-10/h3-10,24H,2H2,1H3;3-8,25H,2H2,1H3. The molecule has 0 aliphatic heterocycles. The van der Waals surface area contributed by atoms with Crippen LogP contribution in [0.15, 0.2) is 94.5 Å². The average Bonchev–Trinajstić information content (AvgIpc) is 3.18. The average molecular weight is 748 g/mol. The van der Waals surface area contributed by atoms with Crippen molar-refractivity contribution in [2.75, 3.05) is 10.6 Å². The van der Waals surface area contributed by atoms with Crippen molar-refractivity contribution in [2.45, 2.75) is 26.9 Å². The lowest BCUT2D eigenvalue weighted by atomic mass is 10.1. The van der Waals surface area contributed by atoms with Crippen LogP contribution >= 0.6 is 0 Å². The van der Waals surface area contributed by atoms with E-state index in [-0.39, 0.29) is 58.2 Å². The molecular weight excluding hydrogens is 721 g/mol. The molecular formula is C39H26F5N9O2. The molecule has 0 atom stereocenters. The molecule has 0 saturated carbocycles. The van der Waals surface area contributed by atoms with Gasteiger partial charge >= 0.3 is 0 Å². The highest BCUT2D eigenvalue weighted by atomic mass is 19.2. The molecule has 0 saturated heterocycles. The van der Waals surface area contributed by atoms with Crippen LogP contribution in [0.3, 0.4) is 0 Å². The van der Waals surface area contributed by atoms with Gasteiger partial charge in [-0.15, -0.1) is 0 Å². The van der Waals surface area contributed by atoms with E-state index >= 15 is 0 Å². The summed E-state index contributed by atoms with van der Waals surface area (Å²) in [5, 5.41) is 41.9. The van der Waals surface area contributed by atoms with Crippen LogP contribution in [0.2, 0.25) is 0 Å². The second-order valence-corrected chi connectivity index (χ2v) is 11.4. The molecule has 274 valence electrons. The van der Waals surface area contributed by atoms with E-state index in [0.29, 0.717) is 28.9 Å². The summed E-state index contributed by atoms with van der Waals surface area (Å²) in [6, 6.07) is 24.5. The van der Waals surface area contributed by atoms with Crippen LogP contribution in [0.5, 0.6) is 0 Å². The molecule has 0 amide bonds. The minimum atomic E-state index is -1.66. The van der Waals surface area contributed by atoms with Gasteiger partial charge in [0.25, 0.3) is 11.1 Å². The molecule has 0 unspecified atom stereocenters. The van der Waals surface area contributed by atoms with Gasteiger partial charge in [-0.25, -0.2) is 31.3 Å². The van der Waals surface area contributed by atoms with Gasteiger partial charge in [-0.1, -0.05) is 24.3 Å². The van der Waals surface area contributed by atoms with Gasteiger partial charge in [0.05, 0.1) is 11.6 Å². The maximum absolute atomic E-state index is 13.6. The fraction of sp³-hybridized carbons (Fsp3) is 0.103. The zero-order valence-electron chi connectivity index (χ0n) is 28.8. The van der Waals surface area contributed by atoms with Crippen molar-refractivity contribution in [1.29, 1.82) is 15.8 Å². The third kappa shape index (κ3) is 8.38. The smallest absolute Gasteiger partial charge is 0.291 e. The Hall–Kier alpha value is -7.64. The Bertz CT molecular complexity index is 2650. The SMILES string of the molecule is CCn1nc(-c2cccc(F)c2)c(C#N)c(Nc2cc(F)c(F)c(F)c2)c1=O.CCn1nc(-c2cccc(F)c2)c(C#N)c(Nc2ccc(C#N)cc2)c1=O. The molecule has 2 aromatic heterocycles. The van der Waals surface area contributed by atoms with Crippen molar-refractivity contribution < 1.29 is 22.0 Å². The number of rotatable bonds is 8. The number of nitrogens with one attached hydrogen (secondary N) is 2. The number of benzene rings is 4. The first-order chi connectivity index (χ1) is 26.4. The van der Waals surface area contributed by atoms with E-state index < -0.39 is 40.2 Å². The van der Waals surface area contributed by atoms with Gasteiger partial charge in [0.1, 0.15) is 57.7 Å². The Labute approximate surface area is 309 Å². The van der Waals surface area contributed by atoms with Crippen molar-refractivity contribution >= 4 is 22.7 Å². The van der Waals surface area contributed by atoms with Crippen LogP contribution in [0.25, 0.3) is 22.5 Å². The van der Waals surface area contributed by atoms with Gasteiger partial charge < -0.3 is 10.6 Å². The Morgan fingerprint density at radius 1 is 0.600 bits per heavy atom. The number of hydrogen-bond donors (Lipinski definition) is 2. The third-order valence-electron chi connectivity index (χ3n) is 7.87. The number of hydrogen-bond acceptors (Lipinski definition) is 9. The summed E-state index contributed by atoms with van der Waals surface area (Å²) in [6.07, 6.45) is 0. The zero-order chi connectivity index (χ0) is 39.8. The zero-order valence-corrected chi connectivity index (χ0v) is 28.8. The largest absolute Gasteiger partial charge is 0.350 e. The van der Waals surface area contributed by atoms with E-state index in [1.807, 2.05) is 18.2 Å². The van der Waals surface area contributed by atoms with Gasteiger partial charge in [-0.2, -0.15) is 26.0 Å². The lowest BCUT2D eigenvalue weighted by molar-refractivity contribution is 0.448. The second kappa shape index (κ2) is 16.8. The highest BCUT2D eigenvalue weighted by Gasteiger charge is 2.21. The predicted octanol–water partition coefficient (Wildman–Crippen LogP) is 7.66. The summed E-state index contributed by atoms with van der Waals surface area (Å²) in [5.74, 6) is -5.62. The van der Waals surface area contributed by atoms with E-state index in [4.69, 9.17) is 5.26 Å². The minimum Gasteiger partial charge on any atom is -0.350 e. The molecule has 16 heteroatoms. The Morgan fingerprint density at radius 3 is 1.42 bits per heavy atom. The van der Waals surface area contributed by atoms with Gasteiger partial charge in [0.15, 0.2) is 17.5 Å². The fourth-order valence-electron chi connectivity index (χ4n) is 5.24. The van der Waals surface area contributed by atoms with Crippen LogP contribution < -0.4 is 21.8 Å². The molecule has 55 heavy (non-hydrogen) atoms. The molecule has 2 heterocycles. The molecule has 4 aromatic carbocycles. The van der Waals surface area contributed by atoms with Gasteiger partial charge in [0.2, 0.25) is 0 Å². The van der Waals surface area contributed by atoms with Crippen molar-refractivity contribution in [2.24, 2.45) is 0 Å². The van der Waals surface area contributed by atoms with E-state index in [0.717, 1.165) is 10.7 Å². The number of anilines is 4. The maximum atomic E-state index is 13.6. The molecule has 0 aliphatic carbocycles. The summed E-state index contributed by atoms with van der Waals surface area (Å²) in [5.41, 5.74) is -0.0678. The lowest BCUT2D eigenvalue weighted by Crippen LogP contribution is -2.26. The molecule has 0 fully saturated rings. The molecule has 6 aromatic rings. The van der Waals surface area contributed by atoms with Crippen LogP contribution in [0.1, 0.15) is 30.5 Å². The number of halogens is 5. The number of nitrogens with zero attached hydrogens (tertiary/aromatic N) is 7. The Kier molecular flexibility index (Phi) is 11.8. The molecule has 0 bridgehead atoms. The van der Waals surface area contributed by atoms with Crippen LogP contribution in [0, 0.1) is 63.1 Å². The van der Waals surface area contributed by atoms with Crippen LogP contribution in [-0.4, -0.2) is 19.6 Å². The summed E-state index contributed by atoms with van der Waals surface area (Å²) in [6.45, 7) is 3.78. The van der Waals surface area contributed by atoms with E-state index in [9.17, 15) is 42.1 Å². The summed E-state index contributed by atoms with van der Waals surface area (Å²) >= 11 is 0. The molecule has 2 N–H and O–H groups in total. The van der Waals surface area contributed by atoms with Crippen molar-refractivity contribution in [3.05, 3.63) is 151 Å². The van der Waals surface area contributed by atoms with Gasteiger partial charge in [-0.3, -0.25) is 9.59 Å². The van der Waals surface area contributed by atoms with Gasteiger partial charge in [0, 0.05) is 47.7 Å². The van der Waals surface area contributed by atoms with Gasteiger partial charge in [-0.05, 0) is 62.4 Å². The number of nitriles is 3. The molecule has 0 spiro atoms. The first kappa shape index (κ1) is 38.6. The maximum Gasteiger partial charge on any atom is 0.291 e.